The second-order valence-corrected chi connectivity index (χ2v) is 21.1. The van der Waals surface area contributed by atoms with Crippen molar-refractivity contribution in [2.24, 2.45) is 0 Å². The van der Waals surface area contributed by atoms with Gasteiger partial charge in [-0.05, 0) is 181 Å². The van der Waals surface area contributed by atoms with Crippen molar-refractivity contribution in [2.75, 3.05) is 0 Å². The summed E-state index contributed by atoms with van der Waals surface area (Å²) in [4.78, 5) is 0. The number of nitrogens with zero attached hydrogens (tertiary/aromatic N) is 2. The molecule has 0 aliphatic carbocycles. The number of fused-ring (bicyclic) bond motifs is 20. The van der Waals surface area contributed by atoms with Crippen molar-refractivity contribution >= 4 is 131 Å². The van der Waals surface area contributed by atoms with Gasteiger partial charge < -0.3 is 9.13 Å². The molecule has 75 heavy (non-hydrogen) atoms. The van der Waals surface area contributed by atoms with E-state index < -0.39 is 0 Å². The molecule has 4 heterocycles. The van der Waals surface area contributed by atoms with Gasteiger partial charge in [-0.2, -0.15) is 0 Å². The SMILES string of the molecule is c1cc2c3c(c1)-n1c4ccc(-c5ccc6ccccc6c5)cc4c4cc5c6ccccc6c6ccccc6c5c(c41)B3c1cc(-c3ccc4ccccc4c3)cc3c4cc(-c5ccc6ccccc6c5)ccc4n-2c13. The Balaban J connectivity index is 1.01. The molecule has 0 fully saturated rings. The van der Waals surface area contributed by atoms with Gasteiger partial charge in [0.2, 0.25) is 0 Å². The van der Waals surface area contributed by atoms with E-state index in [0.29, 0.717) is 0 Å². The van der Waals surface area contributed by atoms with E-state index in [0.717, 1.165) is 0 Å². The minimum Gasteiger partial charge on any atom is -0.310 e. The van der Waals surface area contributed by atoms with Crippen LogP contribution in [0.4, 0.5) is 0 Å². The number of hydrogen-bond donors (Lipinski definition) is 0. The molecule has 2 aliphatic heterocycles. The molecular weight excluding hydrogens is 904 g/mol. The van der Waals surface area contributed by atoms with E-state index in [2.05, 4.69) is 258 Å². The molecule has 0 radical (unpaired) electrons. The zero-order valence-corrected chi connectivity index (χ0v) is 40.6. The molecule has 0 N–H and O–H groups in total. The van der Waals surface area contributed by atoms with Gasteiger partial charge in [-0.1, -0.05) is 182 Å². The molecule has 16 aromatic rings. The van der Waals surface area contributed by atoms with Crippen molar-refractivity contribution in [3.8, 4) is 44.8 Å². The first-order valence-corrected chi connectivity index (χ1v) is 26.3. The first-order chi connectivity index (χ1) is 37.2. The predicted molar refractivity (Wildman–Crippen MR) is 321 cm³/mol. The zero-order chi connectivity index (χ0) is 48.6. The summed E-state index contributed by atoms with van der Waals surface area (Å²) in [6.07, 6.45) is 0. The van der Waals surface area contributed by atoms with E-state index in [4.69, 9.17) is 0 Å². The molecule has 3 heteroatoms. The van der Waals surface area contributed by atoms with Crippen molar-refractivity contribution < 1.29 is 0 Å². The average Bonchev–Trinajstić information content (AvgIpc) is 4.24. The normalized spacial score (nSPS) is 12.8. The maximum absolute atomic E-state index is 2.64. The van der Waals surface area contributed by atoms with Crippen LogP contribution in [-0.2, 0) is 0 Å². The van der Waals surface area contributed by atoms with E-state index in [-0.39, 0.29) is 6.71 Å². The molecule has 18 rings (SSSR count). The summed E-state index contributed by atoms with van der Waals surface area (Å²) < 4.78 is 5.26. The summed E-state index contributed by atoms with van der Waals surface area (Å²) in [6, 6.07) is 94.4. The van der Waals surface area contributed by atoms with Crippen LogP contribution in [-0.4, -0.2) is 15.8 Å². The first-order valence-electron chi connectivity index (χ1n) is 26.3. The fraction of sp³-hybridized carbons (Fsp3) is 0. The molecule has 14 aromatic carbocycles. The maximum Gasteiger partial charge on any atom is 0.253 e. The standard InChI is InChI=1S/C72H41BN2/c1-4-15-45-34-48(27-24-42(45)12-1)51-30-32-64-58(37-51)61-39-53(50-29-26-44-14-3-6-17-47(44)36-50)40-63-71(61)74(64)66-22-11-23-67-69(66)73(63)70-68-57-21-10-9-19-55(57)54-18-7-8-20-56(54)60(68)41-62-59-38-52(31-33-65(59)75(67)72(62)70)49-28-25-43-13-2-5-16-46(43)35-49/h1-41H. The van der Waals surface area contributed by atoms with Gasteiger partial charge in [-0.15, -0.1) is 0 Å². The Kier molecular flexibility index (Phi) is 7.71. The summed E-state index contributed by atoms with van der Waals surface area (Å²) in [5, 5.41) is 20.4. The van der Waals surface area contributed by atoms with Gasteiger partial charge >= 0.3 is 0 Å². The minimum atomic E-state index is -0.0802. The highest BCUT2D eigenvalue weighted by Gasteiger charge is 2.42. The second kappa shape index (κ2) is 14.5. The third kappa shape index (κ3) is 5.34. The quantitative estimate of drug-likeness (QED) is 0.123. The van der Waals surface area contributed by atoms with Gasteiger partial charge in [0.15, 0.2) is 0 Å². The summed E-state index contributed by atoms with van der Waals surface area (Å²) in [7, 11) is 0. The number of benzene rings is 14. The highest BCUT2D eigenvalue weighted by Crippen LogP contribution is 2.46. The van der Waals surface area contributed by atoms with Gasteiger partial charge in [0.1, 0.15) is 0 Å². The fourth-order valence-electron chi connectivity index (χ4n) is 14.1. The lowest BCUT2D eigenvalue weighted by molar-refractivity contribution is 1.14. The van der Waals surface area contributed by atoms with Crippen LogP contribution in [0.15, 0.2) is 249 Å². The van der Waals surface area contributed by atoms with Crippen molar-refractivity contribution in [3.05, 3.63) is 249 Å². The lowest BCUT2D eigenvalue weighted by Crippen LogP contribution is -2.59. The van der Waals surface area contributed by atoms with Crippen molar-refractivity contribution in [1.29, 1.82) is 0 Å². The van der Waals surface area contributed by atoms with E-state index in [9.17, 15) is 0 Å². The van der Waals surface area contributed by atoms with Crippen molar-refractivity contribution in [3.63, 3.8) is 0 Å². The van der Waals surface area contributed by atoms with Gasteiger partial charge in [0.05, 0.1) is 16.6 Å². The Labute approximate surface area is 431 Å². The highest BCUT2D eigenvalue weighted by atomic mass is 15.0. The fourth-order valence-corrected chi connectivity index (χ4v) is 14.1. The van der Waals surface area contributed by atoms with Crippen molar-refractivity contribution in [1.82, 2.24) is 9.13 Å². The van der Waals surface area contributed by atoms with Crippen LogP contribution >= 0.6 is 0 Å². The van der Waals surface area contributed by atoms with E-state index in [1.807, 2.05) is 0 Å². The molecule has 342 valence electrons. The molecule has 0 atom stereocenters. The molecule has 0 saturated carbocycles. The second-order valence-electron chi connectivity index (χ2n) is 21.1. The predicted octanol–water partition coefficient (Wildman–Crippen LogP) is 16.9. The Hall–Kier alpha value is -9.70. The van der Waals surface area contributed by atoms with Gasteiger partial charge in [0, 0.05) is 38.4 Å². The zero-order valence-electron chi connectivity index (χ0n) is 40.6. The smallest absolute Gasteiger partial charge is 0.253 e. The van der Waals surface area contributed by atoms with Crippen LogP contribution in [0.1, 0.15) is 0 Å². The van der Waals surface area contributed by atoms with E-state index in [1.54, 1.807) is 0 Å². The van der Waals surface area contributed by atoms with Crippen LogP contribution in [0, 0.1) is 0 Å². The third-order valence-electron chi connectivity index (χ3n) is 17.4. The lowest BCUT2D eigenvalue weighted by atomic mass is 9.33. The van der Waals surface area contributed by atoms with Crippen LogP contribution in [0.25, 0.3) is 153 Å². The Morgan fingerprint density at radius 3 is 1.21 bits per heavy atom. The molecule has 2 nitrogen and oxygen atoms in total. The molecule has 0 saturated heterocycles. The molecule has 0 amide bonds. The van der Waals surface area contributed by atoms with E-state index in [1.165, 1.54) is 169 Å². The van der Waals surface area contributed by atoms with E-state index >= 15 is 0 Å². The maximum atomic E-state index is 2.64. The Morgan fingerprint density at radius 2 is 0.653 bits per heavy atom. The van der Waals surface area contributed by atoms with Gasteiger partial charge in [-0.25, -0.2) is 0 Å². The van der Waals surface area contributed by atoms with Gasteiger partial charge in [0.25, 0.3) is 6.71 Å². The van der Waals surface area contributed by atoms with Crippen LogP contribution in [0.5, 0.6) is 0 Å². The first kappa shape index (κ1) is 39.9. The molecule has 0 bridgehead atoms. The molecule has 2 aliphatic rings. The monoisotopic (exact) mass is 944 g/mol. The average molecular weight is 945 g/mol. The van der Waals surface area contributed by atoms with Gasteiger partial charge in [-0.3, -0.25) is 0 Å². The molecule has 0 unspecified atom stereocenters. The van der Waals surface area contributed by atoms with Crippen LogP contribution in [0.2, 0.25) is 0 Å². The summed E-state index contributed by atoms with van der Waals surface area (Å²) in [6.45, 7) is -0.0802. The number of aromatic nitrogens is 2. The van der Waals surface area contributed by atoms with Crippen LogP contribution < -0.4 is 16.4 Å². The Morgan fingerprint density at radius 1 is 0.240 bits per heavy atom. The summed E-state index contributed by atoms with van der Waals surface area (Å²) in [5.41, 5.74) is 19.0. The number of hydrogen-bond acceptors (Lipinski definition) is 0. The van der Waals surface area contributed by atoms with Crippen molar-refractivity contribution in [2.45, 2.75) is 0 Å². The number of rotatable bonds is 3. The summed E-state index contributed by atoms with van der Waals surface area (Å²) >= 11 is 0. The lowest BCUT2D eigenvalue weighted by Gasteiger charge is -2.35. The third-order valence-corrected chi connectivity index (χ3v) is 17.4. The molecular formula is C72H41BN2. The minimum absolute atomic E-state index is 0.0802. The molecule has 2 aromatic heterocycles. The topological polar surface area (TPSA) is 9.86 Å². The Bertz CT molecular complexity index is 5260. The molecule has 0 spiro atoms. The van der Waals surface area contributed by atoms with Crippen LogP contribution in [0.3, 0.4) is 0 Å². The summed E-state index contributed by atoms with van der Waals surface area (Å²) in [5.74, 6) is 0. The largest absolute Gasteiger partial charge is 0.310 e. The highest BCUT2D eigenvalue weighted by molar-refractivity contribution is 7.02.